The SMILES string of the molecule is Cc1ccccc1CNC(=O)C1N(C(=O)C(O)C(Cc2ccccc2)NS(=O)(=O)c2ccccc2Br)CSC1(C)C. The Labute approximate surface area is 254 Å². The van der Waals surface area contributed by atoms with E-state index in [1.165, 1.54) is 22.7 Å². The highest BCUT2D eigenvalue weighted by atomic mass is 79.9. The molecular formula is C30H34BrN3O5S2. The third-order valence-corrected chi connectivity index (χ3v) is 11.0. The van der Waals surface area contributed by atoms with Gasteiger partial charge in [0.25, 0.3) is 5.91 Å². The molecule has 0 saturated carbocycles. The molecule has 0 radical (unpaired) electrons. The molecule has 11 heteroatoms. The van der Waals surface area contributed by atoms with Crippen LogP contribution in [0.3, 0.4) is 0 Å². The van der Waals surface area contributed by atoms with E-state index in [-0.39, 0.29) is 23.1 Å². The van der Waals surface area contributed by atoms with E-state index in [1.807, 2.05) is 51.1 Å². The Morgan fingerprint density at radius 2 is 1.68 bits per heavy atom. The zero-order chi connectivity index (χ0) is 29.8. The summed E-state index contributed by atoms with van der Waals surface area (Å²) in [5.74, 6) is -0.868. The van der Waals surface area contributed by atoms with Gasteiger partial charge in [-0.2, -0.15) is 0 Å². The maximum absolute atomic E-state index is 13.8. The van der Waals surface area contributed by atoms with E-state index in [9.17, 15) is 23.1 Å². The number of carbonyl (C=O) groups is 2. The maximum atomic E-state index is 13.8. The summed E-state index contributed by atoms with van der Waals surface area (Å²) >= 11 is 4.71. The van der Waals surface area contributed by atoms with E-state index < -0.39 is 38.9 Å². The van der Waals surface area contributed by atoms with Gasteiger partial charge in [-0.1, -0.05) is 66.7 Å². The molecule has 1 fully saturated rings. The molecule has 0 bridgehead atoms. The molecule has 41 heavy (non-hydrogen) atoms. The normalized spacial score (nSPS) is 18.1. The number of amides is 2. The van der Waals surface area contributed by atoms with Crippen molar-refractivity contribution >= 4 is 49.5 Å². The minimum atomic E-state index is -4.12. The number of aliphatic hydroxyl groups is 1. The molecule has 0 spiro atoms. The number of hydrogen-bond acceptors (Lipinski definition) is 6. The lowest BCUT2D eigenvalue weighted by atomic mass is 9.97. The van der Waals surface area contributed by atoms with Gasteiger partial charge >= 0.3 is 0 Å². The number of hydrogen-bond donors (Lipinski definition) is 3. The van der Waals surface area contributed by atoms with Crippen LogP contribution in [-0.4, -0.2) is 59.1 Å². The molecule has 3 N–H and O–H groups in total. The number of halogens is 1. The summed E-state index contributed by atoms with van der Waals surface area (Å²) in [4.78, 5) is 28.7. The molecular weight excluding hydrogens is 626 g/mol. The topological polar surface area (TPSA) is 116 Å². The van der Waals surface area contributed by atoms with Crippen molar-refractivity contribution in [3.05, 3.63) is 100 Å². The molecule has 8 nitrogen and oxygen atoms in total. The van der Waals surface area contributed by atoms with Gasteiger partial charge in [0.05, 0.1) is 16.8 Å². The van der Waals surface area contributed by atoms with Crippen LogP contribution >= 0.6 is 27.7 Å². The standard InChI is InChI=1S/C30H34BrN3O5S2/c1-20-11-7-8-14-22(20)18-32-28(36)27-30(2,3)40-19-34(27)29(37)26(35)24(17-21-12-5-4-6-13-21)33-41(38,39)25-16-10-9-15-23(25)31/h4-16,24,26-27,33,35H,17-19H2,1-3H3,(H,32,36). The fourth-order valence-electron chi connectivity index (χ4n) is 4.85. The van der Waals surface area contributed by atoms with Crippen molar-refractivity contribution in [3.8, 4) is 0 Å². The lowest BCUT2D eigenvalue weighted by Gasteiger charge is -2.33. The fourth-order valence-corrected chi connectivity index (χ4v) is 8.24. The van der Waals surface area contributed by atoms with Crippen molar-refractivity contribution in [2.75, 3.05) is 5.88 Å². The zero-order valence-corrected chi connectivity index (χ0v) is 26.3. The van der Waals surface area contributed by atoms with E-state index in [2.05, 4.69) is 26.0 Å². The van der Waals surface area contributed by atoms with Gasteiger partial charge < -0.3 is 15.3 Å². The number of sulfonamides is 1. The summed E-state index contributed by atoms with van der Waals surface area (Å²) < 4.78 is 29.0. The first-order valence-electron chi connectivity index (χ1n) is 13.2. The highest BCUT2D eigenvalue weighted by Crippen LogP contribution is 2.40. The van der Waals surface area contributed by atoms with E-state index in [0.29, 0.717) is 11.0 Å². The summed E-state index contributed by atoms with van der Waals surface area (Å²) in [5.41, 5.74) is 2.74. The van der Waals surface area contributed by atoms with Crippen LogP contribution in [0.1, 0.15) is 30.5 Å². The number of nitrogens with one attached hydrogen (secondary N) is 2. The predicted molar refractivity (Wildman–Crippen MR) is 165 cm³/mol. The molecule has 3 unspecified atom stereocenters. The minimum absolute atomic E-state index is 0.0102. The number of aliphatic hydroxyl groups excluding tert-OH is 1. The summed E-state index contributed by atoms with van der Waals surface area (Å²) in [6.07, 6.45) is -1.68. The van der Waals surface area contributed by atoms with E-state index in [0.717, 1.165) is 16.7 Å². The van der Waals surface area contributed by atoms with Crippen LogP contribution in [0.2, 0.25) is 0 Å². The van der Waals surface area contributed by atoms with Crippen molar-refractivity contribution in [1.82, 2.24) is 14.9 Å². The van der Waals surface area contributed by atoms with Crippen molar-refractivity contribution < 1.29 is 23.1 Å². The summed E-state index contributed by atoms with van der Waals surface area (Å²) in [5, 5.41) is 14.4. The molecule has 1 saturated heterocycles. The van der Waals surface area contributed by atoms with Crippen molar-refractivity contribution in [3.63, 3.8) is 0 Å². The third-order valence-electron chi connectivity index (χ3n) is 7.16. The average molecular weight is 661 g/mol. The molecule has 3 atom stereocenters. The van der Waals surface area contributed by atoms with Gasteiger partial charge in [0.1, 0.15) is 12.1 Å². The summed E-state index contributed by atoms with van der Waals surface area (Å²) in [6.45, 7) is 6.03. The predicted octanol–water partition coefficient (Wildman–Crippen LogP) is 4.00. The first-order valence-corrected chi connectivity index (χ1v) is 16.4. The second-order valence-corrected chi connectivity index (χ2v) is 14.7. The monoisotopic (exact) mass is 659 g/mol. The first-order chi connectivity index (χ1) is 19.4. The van der Waals surface area contributed by atoms with Gasteiger partial charge in [0.15, 0.2) is 0 Å². The quantitative estimate of drug-likeness (QED) is 0.303. The molecule has 0 aliphatic carbocycles. The van der Waals surface area contributed by atoms with Crippen LogP contribution in [0.5, 0.6) is 0 Å². The number of aryl methyl sites for hydroxylation is 1. The second-order valence-electron chi connectivity index (χ2n) is 10.5. The van der Waals surface area contributed by atoms with Crippen molar-refractivity contribution in [1.29, 1.82) is 0 Å². The molecule has 4 rings (SSSR count). The minimum Gasteiger partial charge on any atom is -0.382 e. The molecule has 3 aromatic rings. The largest absolute Gasteiger partial charge is 0.382 e. The smallest absolute Gasteiger partial charge is 0.254 e. The van der Waals surface area contributed by atoms with Crippen LogP contribution in [0.4, 0.5) is 0 Å². The Morgan fingerprint density at radius 3 is 2.37 bits per heavy atom. The van der Waals surface area contributed by atoms with Gasteiger partial charge in [-0.3, -0.25) is 9.59 Å². The highest BCUT2D eigenvalue weighted by molar-refractivity contribution is 9.10. The molecule has 0 aromatic heterocycles. The Kier molecular flexibility index (Phi) is 9.97. The number of benzene rings is 3. The lowest BCUT2D eigenvalue weighted by molar-refractivity contribution is -0.147. The van der Waals surface area contributed by atoms with Gasteiger partial charge in [-0.05, 0) is 71.9 Å². The van der Waals surface area contributed by atoms with Gasteiger partial charge in [0.2, 0.25) is 15.9 Å². The first kappa shape index (κ1) is 31.2. The molecule has 1 aliphatic rings. The Morgan fingerprint density at radius 1 is 1.05 bits per heavy atom. The van der Waals surface area contributed by atoms with E-state index in [4.69, 9.17) is 0 Å². The maximum Gasteiger partial charge on any atom is 0.254 e. The fraction of sp³-hybridized carbons (Fsp3) is 0.333. The number of thioether (sulfide) groups is 1. The number of nitrogens with zero attached hydrogens (tertiary/aromatic N) is 1. The van der Waals surface area contributed by atoms with Crippen molar-refractivity contribution in [2.24, 2.45) is 0 Å². The van der Waals surface area contributed by atoms with Crippen LogP contribution in [-0.2, 0) is 32.6 Å². The van der Waals surface area contributed by atoms with E-state index in [1.54, 1.807) is 42.5 Å². The summed E-state index contributed by atoms with van der Waals surface area (Å²) in [7, 11) is -4.12. The Balaban J connectivity index is 1.58. The zero-order valence-electron chi connectivity index (χ0n) is 23.1. The summed E-state index contributed by atoms with van der Waals surface area (Å²) in [6, 6.07) is 21.0. The van der Waals surface area contributed by atoms with Crippen LogP contribution in [0.15, 0.2) is 88.2 Å². The average Bonchev–Trinajstić information content (AvgIpc) is 3.26. The Hall–Kier alpha value is -2.70. The van der Waals surface area contributed by atoms with Crippen LogP contribution in [0, 0.1) is 6.92 Å². The van der Waals surface area contributed by atoms with E-state index >= 15 is 0 Å². The van der Waals surface area contributed by atoms with Gasteiger partial charge in [-0.25, -0.2) is 13.1 Å². The van der Waals surface area contributed by atoms with Gasteiger partial charge in [0, 0.05) is 15.8 Å². The highest BCUT2D eigenvalue weighted by Gasteiger charge is 2.50. The molecule has 218 valence electrons. The Bertz CT molecular complexity index is 1500. The molecule has 1 aliphatic heterocycles. The number of rotatable bonds is 10. The lowest BCUT2D eigenvalue weighted by Crippen LogP contribution is -2.58. The molecule has 2 amide bonds. The van der Waals surface area contributed by atoms with Crippen LogP contribution < -0.4 is 10.0 Å². The third kappa shape index (κ3) is 7.39. The van der Waals surface area contributed by atoms with Crippen LogP contribution in [0.25, 0.3) is 0 Å². The van der Waals surface area contributed by atoms with Gasteiger partial charge in [-0.15, -0.1) is 11.8 Å². The second kappa shape index (κ2) is 13.1. The van der Waals surface area contributed by atoms with Crippen molar-refractivity contribution in [2.45, 2.75) is 61.6 Å². The molecule has 3 aromatic carbocycles. The molecule has 1 heterocycles. The number of carbonyl (C=O) groups excluding carboxylic acids is 2.